The first-order valence-electron chi connectivity index (χ1n) is 7.06. The first-order chi connectivity index (χ1) is 8.73. The van der Waals surface area contributed by atoms with Gasteiger partial charge in [-0.1, -0.05) is 0 Å². The van der Waals surface area contributed by atoms with Crippen LogP contribution in [0.2, 0.25) is 0 Å². The summed E-state index contributed by atoms with van der Waals surface area (Å²) in [4.78, 5) is 11.9. The molecule has 3 nitrogen and oxygen atoms in total. The molecule has 0 spiro atoms. The lowest BCUT2D eigenvalue weighted by molar-refractivity contribution is -0.138. The van der Waals surface area contributed by atoms with Gasteiger partial charge in [0.15, 0.2) is 0 Å². The second-order valence-electron chi connectivity index (χ2n) is 5.76. The van der Waals surface area contributed by atoms with Gasteiger partial charge in [0.1, 0.15) is 11.7 Å². The predicted molar refractivity (Wildman–Crippen MR) is 85.1 cm³/mol. The van der Waals surface area contributed by atoms with E-state index in [0.29, 0.717) is 35.3 Å². The van der Waals surface area contributed by atoms with Crippen molar-refractivity contribution in [2.24, 2.45) is 0 Å². The first kappa shape index (κ1) is 18.4. The molecule has 4 heteroatoms. The van der Waals surface area contributed by atoms with Crippen molar-refractivity contribution < 1.29 is 9.53 Å². The molecule has 0 atom stereocenters. The summed E-state index contributed by atoms with van der Waals surface area (Å²) in [5.41, 5.74) is 2.01. The maximum atomic E-state index is 11.9. The molecule has 0 aromatic carbocycles. The van der Waals surface area contributed by atoms with Gasteiger partial charge in [-0.15, -0.1) is 0 Å². The monoisotopic (exact) mass is 286 g/mol. The lowest BCUT2D eigenvalue weighted by Crippen LogP contribution is -2.28. The van der Waals surface area contributed by atoms with Crippen LogP contribution in [-0.4, -0.2) is 41.6 Å². The average Bonchev–Trinajstić information content (AvgIpc) is 2.29. The molecular formula is C15H29NO2P+. The van der Waals surface area contributed by atoms with Gasteiger partial charge < -0.3 is 4.74 Å². The number of hydrogen-bond acceptors (Lipinski definition) is 3. The average molecular weight is 286 g/mol. The maximum Gasteiger partial charge on any atom is 0.347 e. The highest BCUT2D eigenvalue weighted by Crippen LogP contribution is 2.70. The molecule has 0 aromatic heterocycles. The minimum Gasteiger partial charge on any atom is -0.462 e. The van der Waals surface area contributed by atoms with Crippen molar-refractivity contribution in [2.45, 2.75) is 65.4 Å². The number of ether oxygens (including phenoxy) is 1. The van der Waals surface area contributed by atoms with E-state index in [1.807, 2.05) is 0 Å². The lowest BCUT2D eigenvalue weighted by Gasteiger charge is -2.38. The molecule has 0 aliphatic rings. The summed E-state index contributed by atoms with van der Waals surface area (Å²) in [6.07, 6.45) is 0.669. The van der Waals surface area contributed by atoms with Gasteiger partial charge in [-0.25, -0.2) is 4.79 Å². The molecule has 0 amide bonds. The third kappa shape index (κ3) is 4.16. The smallest absolute Gasteiger partial charge is 0.347 e. The standard InChI is InChI=1S/C15H29NO2P/c1-8-18-15(17)14(9-16)10-19(11(2)3,12(4)5)13(6)7/h11-13,16H,8,10H2,1-7H3/q+1. The predicted octanol–water partition coefficient (Wildman–Crippen LogP) is 3.97. The Morgan fingerprint density at radius 2 is 1.53 bits per heavy atom. The van der Waals surface area contributed by atoms with Gasteiger partial charge in [-0.2, -0.15) is 0 Å². The molecule has 0 radical (unpaired) electrons. The van der Waals surface area contributed by atoms with Crippen LogP contribution < -0.4 is 0 Å². The molecule has 0 unspecified atom stereocenters. The SMILES string of the molecule is CCOC(=O)C(=C=N)C[P+](C(C)C)(C(C)C)C(C)C. The van der Waals surface area contributed by atoms with E-state index < -0.39 is 7.26 Å². The van der Waals surface area contributed by atoms with Gasteiger partial charge in [-0.3, -0.25) is 5.41 Å². The Hall–Kier alpha value is -0.650. The number of hydrogen-bond donors (Lipinski definition) is 1. The van der Waals surface area contributed by atoms with Crippen LogP contribution in [0.5, 0.6) is 0 Å². The van der Waals surface area contributed by atoms with Crippen molar-refractivity contribution >= 4 is 19.1 Å². The Kier molecular flexibility index (Phi) is 7.55. The quantitative estimate of drug-likeness (QED) is 0.333. The molecule has 0 bridgehead atoms. The van der Waals surface area contributed by atoms with E-state index >= 15 is 0 Å². The van der Waals surface area contributed by atoms with Gasteiger partial charge in [0.05, 0.1) is 23.6 Å². The van der Waals surface area contributed by atoms with Crippen molar-refractivity contribution in [1.29, 1.82) is 5.41 Å². The van der Waals surface area contributed by atoms with E-state index in [1.54, 1.807) is 6.92 Å². The topological polar surface area (TPSA) is 50.2 Å². The Bertz CT molecular complexity index is 333. The molecule has 0 aliphatic heterocycles. The fraction of sp³-hybridized carbons (Fsp3) is 0.800. The van der Waals surface area contributed by atoms with Crippen LogP contribution in [0.3, 0.4) is 0 Å². The normalized spacial score (nSPS) is 11.9. The zero-order chi connectivity index (χ0) is 15.2. The summed E-state index contributed by atoms with van der Waals surface area (Å²) in [5.74, 6) is 1.95. The van der Waals surface area contributed by atoms with Gasteiger partial charge in [0.25, 0.3) is 0 Å². The highest BCUT2D eigenvalue weighted by molar-refractivity contribution is 7.78. The van der Waals surface area contributed by atoms with Crippen molar-refractivity contribution in [3.63, 3.8) is 0 Å². The second-order valence-corrected chi connectivity index (χ2v) is 11.2. The summed E-state index contributed by atoms with van der Waals surface area (Å²) < 4.78 is 5.04. The summed E-state index contributed by atoms with van der Waals surface area (Å²) in [6.45, 7) is 15.6. The molecule has 0 heterocycles. The maximum absolute atomic E-state index is 11.9. The molecule has 0 fully saturated rings. The van der Waals surface area contributed by atoms with Crippen molar-refractivity contribution in [1.82, 2.24) is 0 Å². The molecular weight excluding hydrogens is 257 g/mol. The van der Waals surface area contributed by atoms with Crippen LogP contribution in [0.1, 0.15) is 48.5 Å². The summed E-state index contributed by atoms with van der Waals surface area (Å²) >= 11 is 0. The largest absolute Gasteiger partial charge is 0.462 e. The lowest BCUT2D eigenvalue weighted by atomic mass is 10.3. The van der Waals surface area contributed by atoms with Gasteiger partial charge >= 0.3 is 5.97 Å². The van der Waals surface area contributed by atoms with Crippen LogP contribution >= 0.6 is 7.26 Å². The van der Waals surface area contributed by atoms with Gasteiger partial charge in [0, 0.05) is 7.26 Å². The first-order valence-corrected chi connectivity index (χ1v) is 9.24. The number of carbonyl (C=O) groups is 1. The van der Waals surface area contributed by atoms with E-state index in [0.717, 1.165) is 0 Å². The highest BCUT2D eigenvalue weighted by atomic mass is 31.2. The summed E-state index contributed by atoms with van der Waals surface area (Å²) in [6, 6.07) is 0. The second kappa shape index (κ2) is 7.82. The fourth-order valence-electron chi connectivity index (χ4n) is 2.98. The Labute approximate surface area is 118 Å². The molecule has 0 saturated carbocycles. The molecule has 0 aromatic rings. The van der Waals surface area contributed by atoms with Crippen molar-refractivity contribution in [3.8, 4) is 0 Å². The van der Waals surface area contributed by atoms with Gasteiger partial charge in [0.2, 0.25) is 0 Å². The number of esters is 1. The molecule has 0 saturated heterocycles. The van der Waals surface area contributed by atoms with Crippen LogP contribution in [0.15, 0.2) is 5.57 Å². The zero-order valence-electron chi connectivity index (χ0n) is 13.4. The molecule has 0 rings (SSSR count). The molecule has 19 heavy (non-hydrogen) atoms. The Morgan fingerprint density at radius 1 is 1.11 bits per heavy atom. The number of nitrogens with one attached hydrogen (secondary N) is 1. The Balaban J connectivity index is 5.44. The summed E-state index contributed by atoms with van der Waals surface area (Å²) in [5, 5.41) is 7.40. The zero-order valence-corrected chi connectivity index (χ0v) is 14.3. The number of carbonyl (C=O) groups excluding carboxylic acids is 1. The molecule has 1 N–H and O–H groups in total. The number of rotatable bonds is 7. The molecule has 110 valence electrons. The van der Waals surface area contributed by atoms with Crippen LogP contribution in [-0.2, 0) is 9.53 Å². The van der Waals surface area contributed by atoms with Crippen LogP contribution in [0.4, 0.5) is 0 Å². The third-order valence-corrected chi connectivity index (χ3v) is 10.6. The van der Waals surface area contributed by atoms with Gasteiger partial charge in [-0.05, 0) is 54.3 Å². The van der Waals surface area contributed by atoms with E-state index in [2.05, 4.69) is 47.4 Å². The minimum absolute atomic E-state index is 0.348. The van der Waals surface area contributed by atoms with Crippen LogP contribution in [0, 0.1) is 5.41 Å². The van der Waals surface area contributed by atoms with E-state index in [9.17, 15) is 4.79 Å². The Morgan fingerprint density at radius 3 is 1.79 bits per heavy atom. The fourth-order valence-corrected chi connectivity index (χ4v) is 8.41. The minimum atomic E-state index is -1.38. The van der Waals surface area contributed by atoms with Crippen LogP contribution in [0.25, 0.3) is 0 Å². The third-order valence-electron chi connectivity index (χ3n) is 3.99. The van der Waals surface area contributed by atoms with E-state index in [1.165, 1.54) is 0 Å². The highest BCUT2D eigenvalue weighted by Gasteiger charge is 2.48. The molecule has 0 aliphatic carbocycles. The van der Waals surface area contributed by atoms with E-state index in [-0.39, 0.29) is 5.97 Å². The summed E-state index contributed by atoms with van der Waals surface area (Å²) in [7, 11) is -1.38. The van der Waals surface area contributed by atoms with E-state index in [4.69, 9.17) is 10.1 Å². The van der Waals surface area contributed by atoms with Crippen molar-refractivity contribution in [3.05, 3.63) is 5.57 Å². The van der Waals surface area contributed by atoms with Crippen molar-refractivity contribution in [2.75, 3.05) is 12.8 Å².